The van der Waals surface area contributed by atoms with E-state index in [1.165, 1.54) is 18.2 Å². The number of anilines is 1. The molecule has 21 heavy (non-hydrogen) atoms. The zero-order valence-corrected chi connectivity index (χ0v) is 11.6. The molecule has 2 aromatic rings. The molecule has 0 bridgehead atoms. The van der Waals surface area contributed by atoms with Gasteiger partial charge in [0.2, 0.25) is 0 Å². The third-order valence-electron chi connectivity index (χ3n) is 2.61. The molecular weight excluding hydrogens is 294 g/mol. The molecule has 0 fully saturated rings. The van der Waals surface area contributed by atoms with Crippen molar-refractivity contribution in [2.24, 2.45) is 0 Å². The van der Waals surface area contributed by atoms with Gasteiger partial charge in [0.05, 0.1) is 22.8 Å². The van der Waals surface area contributed by atoms with Gasteiger partial charge in [0.15, 0.2) is 0 Å². The first-order chi connectivity index (χ1) is 10.1. The van der Waals surface area contributed by atoms with Crippen LogP contribution in [0.4, 0.5) is 10.5 Å². The Bertz CT molecular complexity index is 662. The molecule has 3 N–H and O–H groups in total. The third-order valence-corrected chi connectivity index (χ3v) is 2.94. The Morgan fingerprint density at radius 2 is 2.05 bits per heavy atom. The van der Waals surface area contributed by atoms with Crippen LogP contribution < -0.4 is 10.6 Å². The second-order valence-electron chi connectivity index (χ2n) is 4.13. The first kappa shape index (κ1) is 14.8. The Morgan fingerprint density at radius 3 is 2.71 bits per heavy atom. The molecule has 1 aromatic carbocycles. The van der Waals surface area contributed by atoms with Gasteiger partial charge in [-0.3, -0.25) is 4.98 Å². The minimum Gasteiger partial charge on any atom is -0.478 e. The minimum absolute atomic E-state index is 0.0702. The van der Waals surface area contributed by atoms with Crippen molar-refractivity contribution in [1.82, 2.24) is 10.3 Å². The molecule has 2 rings (SSSR count). The molecular formula is C14H12ClN3O3. The number of nitrogens with zero attached hydrogens (tertiary/aromatic N) is 1. The molecule has 0 saturated carbocycles. The van der Waals surface area contributed by atoms with Crippen LogP contribution in [-0.2, 0) is 6.54 Å². The number of hydrogen-bond donors (Lipinski definition) is 3. The fraction of sp³-hybridized carbons (Fsp3) is 0.0714. The lowest BCUT2D eigenvalue weighted by Gasteiger charge is -2.08. The smallest absolute Gasteiger partial charge is 0.337 e. The van der Waals surface area contributed by atoms with E-state index in [2.05, 4.69) is 15.6 Å². The van der Waals surface area contributed by atoms with Crippen LogP contribution in [0.1, 0.15) is 16.1 Å². The molecule has 108 valence electrons. The Morgan fingerprint density at radius 1 is 1.24 bits per heavy atom. The van der Waals surface area contributed by atoms with Crippen molar-refractivity contribution < 1.29 is 14.7 Å². The Kier molecular flexibility index (Phi) is 4.73. The lowest BCUT2D eigenvalue weighted by Crippen LogP contribution is -2.28. The first-order valence-electron chi connectivity index (χ1n) is 6.04. The molecule has 0 radical (unpaired) electrons. The number of carboxylic acids is 1. The van der Waals surface area contributed by atoms with Crippen LogP contribution in [-0.4, -0.2) is 22.1 Å². The number of aromatic nitrogens is 1. The van der Waals surface area contributed by atoms with Crippen LogP contribution >= 0.6 is 11.6 Å². The molecule has 0 aliphatic carbocycles. The van der Waals surface area contributed by atoms with Gasteiger partial charge in [-0.1, -0.05) is 17.7 Å². The molecule has 0 saturated heterocycles. The molecule has 0 unspecified atom stereocenters. The van der Waals surface area contributed by atoms with Gasteiger partial charge in [-0.15, -0.1) is 0 Å². The van der Waals surface area contributed by atoms with Crippen molar-refractivity contribution in [1.29, 1.82) is 0 Å². The zero-order chi connectivity index (χ0) is 15.2. The summed E-state index contributed by atoms with van der Waals surface area (Å²) in [6, 6.07) is 9.16. The highest BCUT2D eigenvalue weighted by atomic mass is 35.5. The van der Waals surface area contributed by atoms with Gasteiger partial charge in [-0.2, -0.15) is 0 Å². The van der Waals surface area contributed by atoms with E-state index in [-0.39, 0.29) is 17.1 Å². The molecule has 0 atom stereocenters. The fourth-order valence-electron chi connectivity index (χ4n) is 1.62. The normalized spacial score (nSPS) is 9.95. The number of carboxylic acid groups (broad SMARTS) is 1. The van der Waals surface area contributed by atoms with Crippen molar-refractivity contribution in [2.45, 2.75) is 6.54 Å². The van der Waals surface area contributed by atoms with E-state index in [0.29, 0.717) is 5.69 Å². The maximum Gasteiger partial charge on any atom is 0.337 e. The number of halogens is 1. The number of benzene rings is 1. The van der Waals surface area contributed by atoms with Gasteiger partial charge >= 0.3 is 12.0 Å². The molecule has 1 aromatic heterocycles. The van der Waals surface area contributed by atoms with E-state index in [1.807, 2.05) is 6.07 Å². The highest BCUT2D eigenvalue weighted by Crippen LogP contribution is 2.20. The topological polar surface area (TPSA) is 91.3 Å². The van der Waals surface area contributed by atoms with Crippen LogP contribution in [0.15, 0.2) is 42.6 Å². The molecule has 7 heteroatoms. The van der Waals surface area contributed by atoms with E-state index in [9.17, 15) is 9.59 Å². The predicted octanol–water partition coefficient (Wildman–Crippen LogP) is 2.75. The van der Waals surface area contributed by atoms with Crippen molar-refractivity contribution in [2.75, 3.05) is 5.32 Å². The van der Waals surface area contributed by atoms with Crippen LogP contribution in [0, 0.1) is 0 Å². The summed E-state index contributed by atoms with van der Waals surface area (Å²) in [5, 5.41) is 14.2. The summed E-state index contributed by atoms with van der Waals surface area (Å²) in [6.45, 7) is 0.270. The molecule has 2 amide bonds. The van der Waals surface area contributed by atoms with Crippen LogP contribution in [0.5, 0.6) is 0 Å². The number of urea groups is 1. The molecule has 0 aliphatic rings. The molecule has 1 heterocycles. The number of aromatic carboxylic acids is 1. The maximum absolute atomic E-state index is 11.7. The van der Waals surface area contributed by atoms with E-state index in [4.69, 9.17) is 16.7 Å². The summed E-state index contributed by atoms with van der Waals surface area (Å²) < 4.78 is 0. The predicted molar refractivity (Wildman–Crippen MR) is 78.5 cm³/mol. The number of nitrogens with one attached hydrogen (secondary N) is 2. The Hall–Kier alpha value is -2.60. The summed E-state index contributed by atoms with van der Waals surface area (Å²) in [5.41, 5.74) is 0.990. The summed E-state index contributed by atoms with van der Waals surface area (Å²) in [4.78, 5) is 26.7. The fourth-order valence-corrected chi connectivity index (χ4v) is 1.81. The van der Waals surface area contributed by atoms with Crippen molar-refractivity contribution >= 4 is 29.3 Å². The van der Waals surface area contributed by atoms with Crippen molar-refractivity contribution in [3.8, 4) is 0 Å². The van der Waals surface area contributed by atoms with Crippen molar-refractivity contribution in [3.05, 3.63) is 58.9 Å². The van der Waals surface area contributed by atoms with E-state index >= 15 is 0 Å². The maximum atomic E-state index is 11.7. The lowest BCUT2D eigenvalue weighted by molar-refractivity contribution is 0.0697. The van der Waals surface area contributed by atoms with Gasteiger partial charge in [0, 0.05) is 11.9 Å². The van der Waals surface area contributed by atoms with Gasteiger partial charge in [-0.05, 0) is 30.3 Å². The highest BCUT2D eigenvalue weighted by Gasteiger charge is 2.10. The standard InChI is InChI=1S/C14H12ClN3O3/c15-12-5-4-9(7-11(12)13(19)20)18-14(21)17-8-10-3-1-2-6-16-10/h1-7H,8H2,(H,19,20)(H2,17,18,21). The highest BCUT2D eigenvalue weighted by molar-refractivity contribution is 6.33. The van der Waals surface area contributed by atoms with Crippen LogP contribution in [0.25, 0.3) is 0 Å². The summed E-state index contributed by atoms with van der Waals surface area (Å²) >= 11 is 5.75. The Balaban J connectivity index is 1.97. The second-order valence-corrected chi connectivity index (χ2v) is 4.54. The number of carbonyl (C=O) groups is 2. The third kappa shape index (κ3) is 4.19. The average Bonchev–Trinajstić information content (AvgIpc) is 2.48. The molecule has 6 nitrogen and oxygen atoms in total. The SMILES string of the molecule is O=C(NCc1ccccn1)Nc1ccc(Cl)c(C(=O)O)c1. The average molecular weight is 306 g/mol. The quantitative estimate of drug-likeness (QED) is 0.810. The summed E-state index contributed by atoms with van der Waals surface area (Å²) in [5.74, 6) is -1.16. The summed E-state index contributed by atoms with van der Waals surface area (Å²) in [7, 11) is 0. The van der Waals surface area contributed by atoms with Gasteiger partial charge in [-0.25, -0.2) is 9.59 Å². The first-order valence-corrected chi connectivity index (χ1v) is 6.41. The van der Waals surface area contributed by atoms with E-state index in [1.54, 1.807) is 18.3 Å². The van der Waals surface area contributed by atoms with Crippen molar-refractivity contribution in [3.63, 3.8) is 0 Å². The summed E-state index contributed by atoms with van der Waals surface area (Å²) in [6.07, 6.45) is 1.63. The number of hydrogen-bond acceptors (Lipinski definition) is 3. The molecule has 0 aliphatic heterocycles. The minimum atomic E-state index is -1.16. The van der Waals surface area contributed by atoms with E-state index < -0.39 is 12.0 Å². The number of amides is 2. The van der Waals surface area contributed by atoms with E-state index in [0.717, 1.165) is 5.69 Å². The lowest BCUT2D eigenvalue weighted by atomic mass is 10.2. The number of pyridine rings is 1. The number of carbonyl (C=O) groups excluding carboxylic acids is 1. The monoisotopic (exact) mass is 305 g/mol. The van der Waals surface area contributed by atoms with Gasteiger partial charge in [0.25, 0.3) is 0 Å². The number of rotatable bonds is 4. The second kappa shape index (κ2) is 6.71. The Labute approximate surface area is 125 Å². The van der Waals surface area contributed by atoms with Gasteiger partial charge < -0.3 is 15.7 Å². The largest absolute Gasteiger partial charge is 0.478 e. The molecule has 0 spiro atoms. The van der Waals surface area contributed by atoms with Gasteiger partial charge in [0.1, 0.15) is 0 Å². The van der Waals surface area contributed by atoms with Crippen LogP contribution in [0.2, 0.25) is 5.02 Å². The van der Waals surface area contributed by atoms with Crippen LogP contribution in [0.3, 0.4) is 0 Å². The zero-order valence-electron chi connectivity index (χ0n) is 10.8.